The van der Waals surface area contributed by atoms with Gasteiger partial charge in [-0.3, -0.25) is 4.90 Å². The molecule has 6 nitrogen and oxygen atoms in total. The second kappa shape index (κ2) is 9.32. The van der Waals surface area contributed by atoms with Crippen molar-refractivity contribution in [3.05, 3.63) is 30.1 Å². The quantitative estimate of drug-likeness (QED) is 0.732. The molecule has 2 N–H and O–H groups in total. The van der Waals surface area contributed by atoms with Gasteiger partial charge in [-0.2, -0.15) is 0 Å². The average molecular weight is 325 g/mol. The fourth-order valence-corrected chi connectivity index (χ4v) is 2.46. The Kier molecular flexibility index (Phi) is 7.09. The lowest BCUT2D eigenvalue weighted by Crippen LogP contribution is -2.52. The van der Waals surface area contributed by atoms with E-state index >= 15 is 0 Å². The number of aliphatic hydroxyl groups excluding tert-OH is 1. The smallest absolute Gasteiger partial charge is 0.317 e. The summed E-state index contributed by atoms with van der Waals surface area (Å²) in [5.41, 5.74) is 0. The van der Waals surface area contributed by atoms with E-state index in [2.05, 4.69) is 10.2 Å². The molecule has 1 fully saturated rings. The maximum atomic E-state index is 12.8. The molecule has 1 aliphatic rings. The highest BCUT2D eigenvalue weighted by atomic mass is 19.1. The number of carbonyl (C=O) groups is 1. The number of halogens is 1. The number of hydrogen-bond acceptors (Lipinski definition) is 4. The van der Waals surface area contributed by atoms with Crippen molar-refractivity contribution in [3.8, 4) is 5.75 Å². The lowest BCUT2D eigenvalue weighted by atomic mass is 10.3. The molecule has 128 valence electrons. The van der Waals surface area contributed by atoms with E-state index in [4.69, 9.17) is 9.84 Å². The van der Waals surface area contributed by atoms with Gasteiger partial charge < -0.3 is 20.1 Å². The second-order valence-corrected chi connectivity index (χ2v) is 5.44. The Morgan fingerprint density at radius 2 is 1.91 bits per heavy atom. The van der Waals surface area contributed by atoms with Crippen molar-refractivity contribution in [1.82, 2.24) is 15.1 Å². The number of amides is 2. The van der Waals surface area contributed by atoms with Crippen molar-refractivity contribution in [3.63, 3.8) is 0 Å². The Hall–Kier alpha value is -1.86. The first-order valence-electron chi connectivity index (χ1n) is 7.93. The van der Waals surface area contributed by atoms with E-state index in [0.29, 0.717) is 32.0 Å². The van der Waals surface area contributed by atoms with Gasteiger partial charge in [-0.1, -0.05) is 0 Å². The number of nitrogens with one attached hydrogen (secondary N) is 1. The predicted octanol–water partition coefficient (Wildman–Crippen LogP) is 0.914. The van der Waals surface area contributed by atoms with Crippen molar-refractivity contribution < 1.29 is 19.0 Å². The largest absolute Gasteiger partial charge is 0.494 e. The number of nitrogens with zero attached hydrogens (tertiary/aromatic N) is 2. The van der Waals surface area contributed by atoms with E-state index < -0.39 is 0 Å². The number of ether oxygens (including phenoxy) is 1. The van der Waals surface area contributed by atoms with Gasteiger partial charge in [-0.05, 0) is 30.7 Å². The van der Waals surface area contributed by atoms with E-state index in [0.717, 1.165) is 26.1 Å². The Labute approximate surface area is 135 Å². The zero-order valence-corrected chi connectivity index (χ0v) is 13.2. The molecular weight excluding hydrogens is 301 g/mol. The molecule has 0 radical (unpaired) electrons. The summed E-state index contributed by atoms with van der Waals surface area (Å²) in [6.45, 7) is 4.80. The monoisotopic (exact) mass is 325 g/mol. The Morgan fingerprint density at radius 3 is 2.57 bits per heavy atom. The summed E-state index contributed by atoms with van der Waals surface area (Å²) in [6, 6.07) is 5.91. The van der Waals surface area contributed by atoms with Crippen LogP contribution in [-0.4, -0.2) is 73.4 Å². The van der Waals surface area contributed by atoms with Crippen LogP contribution in [0, 0.1) is 5.82 Å². The third-order valence-electron chi connectivity index (χ3n) is 3.75. The average Bonchev–Trinajstić information content (AvgIpc) is 2.58. The first-order valence-corrected chi connectivity index (χ1v) is 7.93. The molecule has 0 bridgehead atoms. The minimum absolute atomic E-state index is 0.0419. The zero-order valence-electron chi connectivity index (χ0n) is 13.2. The number of urea groups is 1. The molecule has 23 heavy (non-hydrogen) atoms. The third-order valence-corrected chi connectivity index (χ3v) is 3.75. The molecule has 1 saturated heterocycles. The second-order valence-electron chi connectivity index (χ2n) is 5.44. The number of piperazine rings is 1. The van der Waals surface area contributed by atoms with Gasteiger partial charge in [0, 0.05) is 39.3 Å². The minimum Gasteiger partial charge on any atom is -0.494 e. The summed E-state index contributed by atoms with van der Waals surface area (Å²) in [5, 5.41) is 11.4. The van der Waals surface area contributed by atoms with E-state index in [1.807, 2.05) is 0 Å². The van der Waals surface area contributed by atoms with E-state index in [-0.39, 0.29) is 18.5 Å². The van der Waals surface area contributed by atoms with Crippen molar-refractivity contribution >= 4 is 6.03 Å². The van der Waals surface area contributed by atoms with E-state index in [1.165, 1.54) is 12.1 Å². The van der Waals surface area contributed by atoms with Gasteiger partial charge in [0.05, 0.1) is 13.2 Å². The molecule has 0 unspecified atom stereocenters. The van der Waals surface area contributed by atoms with Gasteiger partial charge in [0.15, 0.2) is 0 Å². The topological polar surface area (TPSA) is 65.0 Å². The first-order chi connectivity index (χ1) is 11.2. The highest BCUT2D eigenvalue weighted by Gasteiger charge is 2.20. The van der Waals surface area contributed by atoms with Gasteiger partial charge in [0.25, 0.3) is 0 Å². The SMILES string of the molecule is O=C(NCCO)N1CCN(CCCOc2ccc(F)cc2)CC1. The fraction of sp³-hybridized carbons (Fsp3) is 0.562. The summed E-state index contributed by atoms with van der Waals surface area (Å²) >= 11 is 0. The van der Waals surface area contributed by atoms with Crippen LogP contribution in [0.2, 0.25) is 0 Å². The summed E-state index contributed by atoms with van der Waals surface area (Å²) in [6.07, 6.45) is 0.883. The van der Waals surface area contributed by atoms with Crippen molar-refractivity contribution in [2.24, 2.45) is 0 Å². The molecule has 1 aromatic rings. The summed E-state index contributed by atoms with van der Waals surface area (Å²) in [5.74, 6) is 0.412. The summed E-state index contributed by atoms with van der Waals surface area (Å²) in [4.78, 5) is 15.8. The normalized spacial score (nSPS) is 15.5. The van der Waals surface area contributed by atoms with Crippen molar-refractivity contribution in [2.75, 3.05) is 52.5 Å². The van der Waals surface area contributed by atoms with Crippen LogP contribution >= 0.6 is 0 Å². The predicted molar refractivity (Wildman–Crippen MR) is 85.0 cm³/mol. The lowest BCUT2D eigenvalue weighted by molar-refractivity contribution is 0.133. The molecule has 0 aromatic heterocycles. The molecule has 1 aromatic carbocycles. The van der Waals surface area contributed by atoms with E-state index in [1.54, 1.807) is 17.0 Å². The third kappa shape index (κ3) is 6.03. The number of carbonyl (C=O) groups excluding carboxylic acids is 1. The van der Waals surface area contributed by atoms with Crippen LogP contribution in [0.15, 0.2) is 24.3 Å². The van der Waals surface area contributed by atoms with Crippen LogP contribution in [0.4, 0.5) is 9.18 Å². The van der Waals surface area contributed by atoms with E-state index in [9.17, 15) is 9.18 Å². The molecule has 1 heterocycles. The highest BCUT2D eigenvalue weighted by molar-refractivity contribution is 5.74. The molecule has 0 aliphatic carbocycles. The number of hydrogen-bond donors (Lipinski definition) is 2. The maximum absolute atomic E-state index is 12.8. The van der Waals surface area contributed by atoms with Crippen molar-refractivity contribution in [2.45, 2.75) is 6.42 Å². The lowest BCUT2D eigenvalue weighted by Gasteiger charge is -2.34. The Balaban J connectivity index is 1.57. The Bertz CT molecular complexity index is 476. The molecule has 0 spiro atoms. The van der Waals surface area contributed by atoms with Gasteiger partial charge in [-0.25, -0.2) is 9.18 Å². The van der Waals surface area contributed by atoms with Crippen LogP contribution in [0.5, 0.6) is 5.75 Å². The molecular formula is C16H24FN3O3. The van der Waals surface area contributed by atoms with Crippen LogP contribution in [0.25, 0.3) is 0 Å². The number of aliphatic hydroxyl groups is 1. The molecule has 2 amide bonds. The van der Waals surface area contributed by atoms with Gasteiger partial charge in [0.1, 0.15) is 11.6 Å². The van der Waals surface area contributed by atoms with Crippen LogP contribution in [0.3, 0.4) is 0 Å². The highest BCUT2D eigenvalue weighted by Crippen LogP contribution is 2.11. The molecule has 0 saturated carbocycles. The number of rotatable bonds is 7. The first kappa shape index (κ1) is 17.5. The maximum Gasteiger partial charge on any atom is 0.317 e. The molecule has 1 aliphatic heterocycles. The standard InChI is InChI=1S/C16H24FN3O3/c17-14-2-4-15(5-3-14)23-13-1-7-19-8-10-20(11-9-19)16(22)18-6-12-21/h2-5,21H,1,6-13H2,(H,18,22). The fourth-order valence-electron chi connectivity index (χ4n) is 2.46. The van der Waals surface area contributed by atoms with Crippen LogP contribution < -0.4 is 10.1 Å². The number of benzene rings is 1. The van der Waals surface area contributed by atoms with Gasteiger partial charge in [0.2, 0.25) is 0 Å². The van der Waals surface area contributed by atoms with Crippen LogP contribution in [0.1, 0.15) is 6.42 Å². The summed E-state index contributed by atoms with van der Waals surface area (Å²) in [7, 11) is 0. The molecule has 2 rings (SSSR count). The molecule has 7 heteroatoms. The van der Waals surface area contributed by atoms with Gasteiger partial charge >= 0.3 is 6.03 Å². The zero-order chi connectivity index (χ0) is 16.5. The molecule has 0 atom stereocenters. The summed E-state index contributed by atoms with van der Waals surface area (Å²) < 4.78 is 18.3. The Morgan fingerprint density at radius 1 is 1.22 bits per heavy atom. The van der Waals surface area contributed by atoms with Crippen LogP contribution in [-0.2, 0) is 0 Å². The minimum atomic E-state index is -0.266. The van der Waals surface area contributed by atoms with Crippen molar-refractivity contribution in [1.29, 1.82) is 0 Å². The van der Waals surface area contributed by atoms with Gasteiger partial charge in [-0.15, -0.1) is 0 Å².